The van der Waals surface area contributed by atoms with E-state index in [0.29, 0.717) is 31.2 Å². The molecule has 122 valence electrons. The second-order valence-electron chi connectivity index (χ2n) is 5.95. The van der Waals surface area contributed by atoms with Crippen LogP contribution in [-0.4, -0.2) is 33.1 Å². The van der Waals surface area contributed by atoms with Crippen molar-refractivity contribution in [2.75, 3.05) is 0 Å². The lowest BCUT2D eigenvalue weighted by Gasteiger charge is -2.23. The zero-order chi connectivity index (χ0) is 16.7. The van der Waals surface area contributed by atoms with E-state index in [1.54, 1.807) is 12.1 Å². The normalized spacial score (nSPS) is 33.7. The number of carbonyl (C=O) groups excluding carboxylic acids is 3. The van der Waals surface area contributed by atoms with Crippen molar-refractivity contribution in [3.05, 3.63) is 40.6 Å². The molecule has 1 aromatic rings. The van der Waals surface area contributed by atoms with E-state index < -0.39 is 15.7 Å². The highest BCUT2D eigenvalue weighted by Gasteiger charge is 2.44. The minimum absolute atomic E-state index is 0.0155. The molecule has 0 aromatic heterocycles. The van der Waals surface area contributed by atoms with Gasteiger partial charge < -0.3 is 15.3 Å². The Hall–Kier alpha value is -1.74. The first-order valence-corrected chi connectivity index (χ1v) is 8.08. The molecule has 2 N–H and O–H groups in total. The number of quaternary nitrogens is 1. The van der Waals surface area contributed by atoms with Gasteiger partial charge in [-0.05, 0) is 17.5 Å². The molecule has 2 aliphatic rings. The van der Waals surface area contributed by atoms with Crippen molar-refractivity contribution < 1.29 is 23.8 Å². The van der Waals surface area contributed by atoms with Gasteiger partial charge in [0, 0.05) is 12.8 Å². The third-order valence-electron chi connectivity index (χ3n) is 4.23. The Morgan fingerprint density at radius 1 is 1.39 bits per heavy atom. The molecule has 3 rings (SSSR count). The third kappa shape index (κ3) is 3.16. The summed E-state index contributed by atoms with van der Waals surface area (Å²) in [6.07, 6.45) is 1.99. The van der Waals surface area contributed by atoms with Crippen LogP contribution < -0.4 is 5.32 Å². The SMILES string of the molecule is O=CC1(Cc2ccc(C3CC(=O)[N+]([O-])(O)S3)cc2)CCC(=O)N1. The fourth-order valence-electron chi connectivity index (χ4n) is 2.94. The van der Waals surface area contributed by atoms with Crippen molar-refractivity contribution in [2.24, 2.45) is 0 Å². The van der Waals surface area contributed by atoms with Crippen molar-refractivity contribution in [2.45, 2.75) is 36.5 Å². The van der Waals surface area contributed by atoms with Crippen LogP contribution in [0.5, 0.6) is 0 Å². The highest BCUT2D eigenvalue weighted by atomic mass is 32.2. The molecule has 2 aliphatic heterocycles. The summed E-state index contributed by atoms with van der Waals surface area (Å²) < 4.78 is -1.90. The summed E-state index contributed by atoms with van der Waals surface area (Å²) in [5.41, 5.74) is 0.805. The predicted octanol–water partition coefficient (Wildman–Crippen LogP) is 1.40. The summed E-state index contributed by atoms with van der Waals surface area (Å²) >= 11 is 0.647. The molecule has 2 fully saturated rings. The molecule has 0 radical (unpaired) electrons. The Morgan fingerprint density at radius 3 is 2.57 bits per heavy atom. The number of hydrogen-bond acceptors (Lipinski definition) is 6. The zero-order valence-electron chi connectivity index (χ0n) is 12.2. The van der Waals surface area contributed by atoms with E-state index in [4.69, 9.17) is 0 Å². The Bertz CT molecular complexity index is 660. The molecule has 2 heterocycles. The fraction of sp³-hybridized carbons (Fsp3) is 0.400. The number of nitrogens with zero attached hydrogens (tertiary/aromatic N) is 1. The van der Waals surface area contributed by atoms with Gasteiger partial charge in [0.1, 0.15) is 23.5 Å². The first-order chi connectivity index (χ1) is 10.8. The van der Waals surface area contributed by atoms with E-state index >= 15 is 0 Å². The van der Waals surface area contributed by atoms with Crippen LogP contribution in [0.25, 0.3) is 0 Å². The van der Waals surface area contributed by atoms with Crippen LogP contribution >= 0.6 is 11.9 Å². The lowest BCUT2D eigenvalue weighted by Crippen LogP contribution is -2.45. The van der Waals surface area contributed by atoms with E-state index in [9.17, 15) is 24.8 Å². The predicted molar refractivity (Wildman–Crippen MR) is 81.7 cm³/mol. The summed E-state index contributed by atoms with van der Waals surface area (Å²) in [5.74, 6) is -0.889. The van der Waals surface area contributed by atoms with Crippen LogP contribution in [0.3, 0.4) is 0 Å². The molecule has 8 heteroatoms. The number of rotatable bonds is 4. The fourth-order valence-corrected chi connectivity index (χ4v) is 3.97. The van der Waals surface area contributed by atoms with Crippen LogP contribution in [0.2, 0.25) is 0 Å². The average Bonchev–Trinajstić information content (AvgIpc) is 3.01. The van der Waals surface area contributed by atoms with E-state index in [0.717, 1.165) is 17.4 Å². The molecule has 0 saturated carbocycles. The van der Waals surface area contributed by atoms with Crippen LogP contribution in [0.15, 0.2) is 24.3 Å². The van der Waals surface area contributed by atoms with E-state index in [1.807, 2.05) is 12.1 Å². The first-order valence-electron chi connectivity index (χ1n) is 7.24. The molecule has 0 bridgehead atoms. The topological polar surface area (TPSA) is 107 Å². The minimum atomic E-state index is -1.90. The Morgan fingerprint density at radius 2 is 2.09 bits per heavy atom. The quantitative estimate of drug-likeness (QED) is 0.283. The minimum Gasteiger partial charge on any atom is -0.579 e. The molecule has 7 nitrogen and oxygen atoms in total. The standard InChI is InChI=1S/C15H16N2O5S/c18-9-15(6-5-13(19)16-15)8-10-1-3-11(4-2-10)12-7-14(20)17(21,22)23-12/h1-4,9,12,21H,5-8H2,(H,16,19). The average molecular weight is 336 g/mol. The van der Waals surface area contributed by atoms with Gasteiger partial charge in [-0.2, -0.15) is 5.21 Å². The summed E-state index contributed by atoms with van der Waals surface area (Å²) in [4.78, 5) is 34.1. The Kier molecular flexibility index (Phi) is 4.01. The number of carbonyl (C=O) groups is 3. The van der Waals surface area contributed by atoms with Crippen molar-refractivity contribution in [1.29, 1.82) is 0 Å². The molecule has 1 aromatic carbocycles. The largest absolute Gasteiger partial charge is 0.579 e. The molecule has 0 aliphatic carbocycles. The number of nitrogens with one attached hydrogen (secondary N) is 1. The number of aldehydes is 1. The maximum Gasteiger partial charge on any atom is 0.359 e. The van der Waals surface area contributed by atoms with Crippen LogP contribution in [0, 0.1) is 5.21 Å². The van der Waals surface area contributed by atoms with Gasteiger partial charge in [0.05, 0.1) is 12.0 Å². The molecule has 23 heavy (non-hydrogen) atoms. The molecule has 2 saturated heterocycles. The summed E-state index contributed by atoms with van der Waals surface area (Å²) in [6.45, 7) is 0. The number of hydrogen-bond donors (Lipinski definition) is 2. The molecule has 3 atom stereocenters. The second-order valence-corrected chi connectivity index (χ2v) is 7.23. The Balaban J connectivity index is 1.72. The van der Waals surface area contributed by atoms with Gasteiger partial charge in [-0.1, -0.05) is 28.5 Å². The summed E-state index contributed by atoms with van der Waals surface area (Å²) in [6, 6.07) is 7.18. The van der Waals surface area contributed by atoms with Crippen molar-refractivity contribution >= 4 is 30.0 Å². The van der Waals surface area contributed by atoms with E-state index in [-0.39, 0.29) is 17.6 Å². The van der Waals surface area contributed by atoms with E-state index in [2.05, 4.69) is 5.32 Å². The molecular weight excluding hydrogens is 320 g/mol. The van der Waals surface area contributed by atoms with Crippen molar-refractivity contribution in [3.8, 4) is 0 Å². The lowest BCUT2D eigenvalue weighted by atomic mass is 9.90. The van der Waals surface area contributed by atoms with Gasteiger partial charge in [0.25, 0.3) is 0 Å². The molecule has 2 amide bonds. The number of amides is 2. The molecular formula is C15H16N2O5S. The van der Waals surface area contributed by atoms with Gasteiger partial charge in [0.15, 0.2) is 0 Å². The Labute approximate surface area is 136 Å². The lowest BCUT2D eigenvalue weighted by molar-refractivity contribution is -0.880. The molecule has 3 unspecified atom stereocenters. The summed E-state index contributed by atoms with van der Waals surface area (Å²) in [7, 11) is 0. The van der Waals surface area contributed by atoms with Gasteiger partial charge >= 0.3 is 5.91 Å². The highest BCUT2D eigenvalue weighted by Crippen LogP contribution is 2.45. The van der Waals surface area contributed by atoms with Crippen LogP contribution in [-0.2, 0) is 20.8 Å². The van der Waals surface area contributed by atoms with Crippen LogP contribution in [0.4, 0.5) is 0 Å². The van der Waals surface area contributed by atoms with Gasteiger partial charge in [-0.25, -0.2) is 4.79 Å². The maximum absolute atomic E-state index is 11.5. The van der Waals surface area contributed by atoms with Crippen molar-refractivity contribution in [3.63, 3.8) is 0 Å². The summed E-state index contributed by atoms with van der Waals surface area (Å²) in [5, 5.41) is 23.1. The van der Waals surface area contributed by atoms with Gasteiger partial charge in [-0.3, -0.25) is 4.79 Å². The maximum atomic E-state index is 11.5. The second kappa shape index (κ2) is 5.72. The van der Waals surface area contributed by atoms with Crippen LogP contribution in [0.1, 0.15) is 35.6 Å². The number of benzene rings is 1. The first kappa shape index (κ1) is 16.1. The highest BCUT2D eigenvalue weighted by molar-refractivity contribution is 7.94. The zero-order valence-corrected chi connectivity index (χ0v) is 13.0. The third-order valence-corrected chi connectivity index (χ3v) is 5.41. The monoisotopic (exact) mass is 336 g/mol. The van der Waals surface area contributed by atoms with Gasteiger partial charge in [-0.15, -0.1) is 0 Å². The van der Waals surface area contributed by atoms with Gasteiger partial charge in [0.2, 0.25) is 5.91 Å². The van der Waals surface area contributed by atoms with E-state index in [1.165, 1.54) is 0 Å². The molecule has 0 spiro atoms. The van der Waals surface area contributed by atoms with Crippen molar-refractivity contribution in [1.82, 2.24) is 5.32 Å². The smallest absolute Gasteiger partial charge is 0.359 e. The number of hydroxylamine groups is 2.